The highest BCUT2D eigenvalue weighted by molar-refractivity contribution is 5.77. The summed E-state index contributed by atoms with van der Waals surface area (Å²) in [6, 6.07) is 13.6. The van der Waals surface area contributed by atoms with E-state index >= 15 is 0 Å². The fraction of sp³-hybridized carbons (Fsp3) is 0.333. The molecule has 1 saturated heterocycles. The molecule has 4 rings (SSSR count). The molecular formula is C21H22N4O3. The smallest absolute Gasteiger partial charge is 0.227 e. The van der Waals surface area contributed by atoms with E-state index < -0.39 is 0 Å². The van der Waals surface area contributed by atoms with Gasteiger partial charge < -0.3 is 14.2 Å². The molecule has 28 heavy (non-hydrogen) atoms. The SMILES string of the molecule is COc1ccc(C2CCCN2C(=O)CCc2nc(-c3ccccn3)no2)cc1. The van der Waals surface area contributed by atoms with E-state index in [0.29, 0.717) is 30.3 Å². The molecule has 1 amide bonds. The standard InChI is InChI=1S/C21H22N4O3/c1-27-16-9-7-15(8-10-16)18-6-4-14-25(18)20(26)12-11-19-23-21(24-28-19)17-5-2-3-13-22-17/h2-3,5,7-10,13,18H,4,6,11-12,14H2,1H3. The average Bonchev–Trinajstić information content (AvgIpc) is 3.43. The number of rotatable bonds is 6. The molecule has 0 saturated carbocycles. The molecule has 1 unspecified atom stereocenters. The quantitative estimate of drug-likeness (QED) is 0.654. The number of ether oxygens (including phenoxy) is 1. The molecule has 144 valence electrons. The van der Waals surface area contributed by atoms with Crippen LogP contribution < -0.4 is 4.74 Å². The zero-order valence-electron chi connectivity index (χ0n) is 15.7. The number of methoxy groups -OCH3 is 1. The van der Waals surface area contributed by atoms with Gasteiger partial charge in [-0.05, 0) is 42.7 Å². The Morgan fingerprint density at radius 3 is 2.86 bits per heavy atom. The van der Waals surface area contributed by atoms with Crippen molar-refractivity contribution in [2.24, 2.45) is 0 Å². The van der Waals surface area contributed by atoms with Gasteiger partial charge in [-0.3, -0.25) is 9.78 Å². The van der Waals surface area contributed by atoms with Crippen LogP contribution in [0.25, 0.3) is 11.5 Å². The maximum absolute atomic E-state index is 12.8. The first-order valence-electron chi connectivity index (χ1n) is 9.42. The van der Waals surface area contributed by atoms with Crippen molar-refractivity contribution in [2.45, 2.75) is 31.7 Å². The largest absolute Gasteiger partial charge is 0.497 e. The van der Waals surface area contributed by atoms with Crippen LogP contribution >= 0.6 is 0 Å². The fourth-order valence-corrected chi connectivity index (χ4v) is 3.55. The molecule has 3 heterocycles. The second kappa shape index (κ2) is 8.21. The van der Waals surface area contributed by atoms with Crippen LogP contribution in [0.5, 0.6) is 5.75 Å². The molecule has 1 aliphatic heterocycles. The van der Waals surface area contributed by atoms with Crippen LogP contribution in [0.1, 0.15) is 36.8 Å². The molecule has 0 spiro atoms. The molecule has 2 aromatic heterocycles. The summed E-state index contributed by atoms with van der Waals surface area (Å²) in [4.78, 5) is 23.3. The van der Waals surface area contributed by atoms with E-state index in [-0.39, 0.29) is 11.9 Å². The van der Waals surface area contributed by atoms with E-state index in [0.717, 1.165) is 30.7 Å². The van der Waals surface area contributed by atoms with Crippen molar-refractivity contribution in [1.29, 1.82) is 0 Å². The van der Waals surface area contributed by atoms with Crippen molar-refractivity contribution in [3.63, 3.8) is 0 Å². The number of benzene rings is 1. The lowest BCUT2D eigenvalue weighted by atomic mass is 10.0. The molecule has 0 radical (unpaired) electrons. The van der Waals surface area contributed by atoms with Crippen LogP contribution in [0.3, 0.4) is 0 Å². The number of hydrogen-bond donors (Lipinski definition) is 0. The first-order valence-corrected chi connectivity index (χ1v) is 9.42. The summed E-state index contributed by atoms with van der Waals surface area (Å²) in [7, 11) is 1.65. The van der Waals surface area contributed by atoms with Gasteiger partial charge >= 0.3 is 0 Å². The number of nitrogens with zero attached hydrogens (tertiary/aromatic N) is 4. The minimum Gasteiger partial charge on any atom is -0.497 e. The summed E-state index contributed by atoms with van der Waals surface area (Å²) in [6.45, 7) is 0.776. The van der Waals surface area contributed by atoms with E-state index in [1.54, 1.807) is 13.3 Å². The number of carbonyl (C=O) groups excluding carboxylic acids is 1. The highest BCUT2D eigenvalue weighted by Gasteiger charge is 2.29. The first kappa shape index (κ1) is 18.2. The van der Waals surface area contributed by atoms with E-state index in [4.69, 9.17) is 9.26 Å². The van der Waals surface area contributed by atoms with Gasteiger partial charge in [-0.15, -0.1) is 0 Å². The molecule has 1 aromatic carbocycles. The number of pyridine rings is 1. The Hall–Kier alpha value is -3.22. The Kier molecular flexibility index (Phi) is 5.32. The normalized spacial score (nSPS) is 16.3. The van der Waals surface area contributed by atoms with Crippen LogP contribution in [0.15, 0.2) is 53.2 Å². The van der Waals surface area contributed by atoms with Gasteiger partial charge in [-0.25, -0.2) is 0 Å². The lowest BCUT2D eigenvalue weighted by Crippen LogP contribution is -2.30. The number of aromatic nitrogens is 3. The molecule has 1 atom stereocenters. The third-order valence-corrected chi connectivity index (χ3v) is 4.99. The van der Waals surface area contributed by atoms with Crippen LogP contribution in [0.4, 0.5) is 0 Å². The fourth-order valence-electron chi connectivity index (χ4n) is 3.55. The van der Waals surface area contributed by atoms with Crippen molar-refractivity contribution in [1.82, 2.24) is 20.0 Å². The van der Waals surface area contributed by atoms with Crippen molar-refractivity contribution in [2.75, 3.05) is 13.7 Å². The average molecular weight is 378 g/mol. The molecule has 7 nitrogen and oxygen atoms in total. The predicted molar refractivity (Wildman–Crippen MR) is 103 cm³/mol. The Bertz CT molecular complexity index is 924. The zero-order chi connectivity index (χ0) is 19.3. The van der Waals surface area contributed by atoms with Gasteiger partial charge in [0, 0.05) is 25.6 Å². The first-order chi connectivity index (χ1) is 13.7. The van der Waals surface area contributed by atoms with Gasteiger partial charge in [0.1, 0.15) is 11.4 Å². The molecular weight excluding hydrogens is 356 g/mol. The van der Waals surface area contributed by atoms with Gasteiger partial charge in [0.2, 0.25) is 17.6 Å². The zero-order valence-corrected chi connectivity index (χ0v) is 15.7. The second-order valence-corrected chi connectivity index (χ2v) is 6.75. The lowest BCUT2D eigenvalue weighted by Gasteiger charge is -2.25. The molecule has 1 fully saturated rings. The van der Waals surface area contributed by atoms with E-state index in [2.05, 4.69) is 15.1 Å². The van der Waals surface area contributed by atoms with Gasteiger partial charge in [0.05, 0.1) is 13.2 Å². The third kappa shape index (κ3) is 3.88. The summed E-state index contributed by atoms with van der Waals surface area (Å²) in [5, 5.41) is 3.96. The minimum atomic E-state index is 0.107. The predicted octanol–water partition coefficient (Wildman–Crippen LogP) is 3.44. The minimum absolute atomic E-state index is 0.107. The summed E-state index contributed by atoms with van der Waals surface area (Å²) >= 11 is 0. The van der Waals surface area contributed by atoms with E-state index in [9.17, 15) is 4.79 Å². The van der Waals surface area contributed by atoms with Crippen molar-refractivity contribution >= 4 is 5.91 Å². The summed E-state index contributed by atoms with van der Waals surface area (Å²) in [6.07, 6.45) is 4.43. The summed E-state index contributed by atoms with van der Waals surface area (Å²) < 4.78 is 10.5. The van der Waals surface area contributed by atoms with Crippen molar-refractivity contribution in [3.8, 4) is 17.3 Å². The molecule has 0 aliphatic carbocycles. The highest BCUT2D eigenvalue weighted by atomic mass is 16.5. The number of carbonyl (C=O) groups is 1. The Morgan fingerprint density at radius 1 is 1.25 bits per heavy atom. The highest BCUT2D eigenvalue weighted by Crippen LogP contribution is 2.33. The number of hydrogen-bond acceptors (Lipinski definition) is 6. The van der Waals surface area contributed by atoms with Crippen molar-refractivity contribution < 1.29 is 14.1 Å². The molecule has 3 aromatic rings. The number of amides is 1. The van der Waals surface area contributed by atoms with Gasteiger partial charge in [0.25, 0.3) is 0 Å². The Labute approximate surface area is 163 Å². The molecule has 0 N–H and O–H groups in total. The Morgan fingerprint density at radius 2 is 2.11 bits per heavy atom. The number of likely N-dealkylation sites (tertiary alicyclic amines) is 1. The molecule has 0 bridgehead atoms. The maximum Gasteiger partial charge on any atom is 0.227 e. The van der Waals surface area contributed by atoms with Gasteiger partial charge in [0.15, 0.2) is 0 Å². The van der Waals surface area contributed by atoms with Gasteiger partial charge in [-0.2, -0.15) is 4.98 Å². The topological polar surface area (TPSA) is 81.4 Å². The molecule has 1 aliphatic rings. The van der Waals surface area contributed by atoms with Crippen LogP contribution in [0.2, 0.25) is 0 Å². The van der Waals surface area contributed by atoms with E-state index in [1.807, 2.05) is 47.4 Å². The summed E-state index contributed by atoms with van der Waals surface area (Å²) in [5.41, 5.74) is 1.80. The van der Waals surface area contributed by atoms with E-state index in [1.165, 1.54) is 0 Å². The van der Waals surface area contributed by atoms with Crippen molar-refractivity contribution in [3.05, 3.63) is 60.1 Å². The monoisotopic (exact) mass is 378 g/mol. The van der Waals surface area contributed by atoms with Gasteiger partial charge in [-0.1, -0.05) is 23.4 Å². The lowest BCUT2D eigenvalue weighted by molar-refractivity contribution is -0.132. The Balaban J connectivity index is 1.38. The van der Waals surface area contributed by atoms with Crippen LogP contribution in [-0.2, 0) is 11.2 Å². The third-order valence-electron chi connectivity index (χ3n) is 4.99. The summed E-state index contributed by atoms with van der Waals surface area (Å²) in [5.74, 6) is 1.82. The number of aryl methyl sites for hydroxylation is 1. The van der Waals surface area contributed by atoms with Crippen LogP contribution in [0, 0.1) is 0 Å². The maximum atomic E-state index is 12.8. The second-order valence-electron chi connectivity index (χ2n) is 6.75. The van der Waals surface area contributed by atoms with Crippen LogP contribution in [-0.4, -0.2) is 39.6 Å². The molecule has 7 heteroatoms.